The second kappa shape index (κ2) is 5.97. The first-order valence-corrected chi connectivity index (χ1v) is 8.87. The van der Waals surface area contributed by atoms with Gasteiger partial charge < -0.3 is 10.2 Å². The summed E-state index contributed by atoms with van der Waals surface area (Å²) in [5.41, 5.74) is 1.31. The molecule has 116 valence electrons. The van der Waals surface area contributed by atoms with Crippen molar-refractivity contribution in [2.24, 2.45) is 11.8 Å². The number of nitrogens with one attached hydrogen (secondary N) is 1. The van der Waals surface area contributed by atoms with Crippen LogP contribution < -0.4 is 10.2 Å². The highest BCUT2D eigenvalue weighted by Crippen LogP contribution is 2.31. The third kappa shape index (κ3) is 2.94. The van der Waals surface area contributed by atoms with Gasteiger partial charge in [-0.25, -0.2) is 4.98 Å². The van der Waals surface area contributed by atoms with Crippen molar-refractivity contribution in [1.82, 2.24) is 14.7 Å². The first kappa shape index (κ1) is 14.9. The van der Waals surface area contributed by atoms with E-state index in [1.165, 1.54) is 17.9 Å². The fourth-order valence-electron chi connectivity index (χ4n) is 3.06. The predicted octanol–water partition coefficient (Wildman–Crippen LogP) is 3.38. The van der Waals surface area contributed by atoms with E-state index in [4.69, 9.17) is 4.98 Å². The van der Waals surface area contributed by atoms with Crippen LogP contribution in [-0.2, 0) is 6.54 Å². The summed E-state index contributed by atoms with van der Waals surface area (Å²) in [5.74, 6) is 2.75. The molecule has 0 spiro atoms. The smallest absolute Gasteiger partial charge is 0.195 e. The summed E-state index contributed by atoms with van der Waals surface area (Å²) >= 11 is 1.72. The van der Waals surface area contributed by atoms with E-state index < -0.39 is 0 Å². The Morgan fingerprint density at radius 3 is 2.86 bits per heavy atom. The lowest BCUT2D eigenvalue weighted by Crippen LogP contribution is -2.26. The Morgan fingerprint density at radius 2 is 2.19 bits per heavy atom. The summed E-state index contributed by atoms with van der Waals surface area (Å²) < 4.78 is 2.25. The van der Waals surface area contributed by atoms with Crippen molar-refractivity contribution in [3.8, 4) is 0 Å². The molecule has 4 nitrogen and oxygen atoms in total. The molecule has 0 aliphatic carbocycles. The average molecular weight is 306 g/mol. The van der Waals surface area contributed by atoms with E-state index >= 15 is 0 Å². The number of fused-ring (bicyclic) bond motifs is 1. The molecule has 0 amide bonds. The summed E-state index contributed by atoms with van der Waals surface area (Å²) in [6.45, 7) is 12.2. The van der Waals surface area contributed by atoms with Crippen LogP contribution in [0.5, 0.6) is 0 Å². The Bertz CT molecular complexity index is 598. The van der Waals surface area contributed by atoms with Gasteiger partial charge in [0.1, 0.15) is 0 Å². The monoisotopic (exact) mass is 306 g/mol. The van der Waals surface area contributed by atoms with Gasteiger partial charge in [-0.1, -0.05) is 27.7 Å². The van der Waals surface area contributed by atoms with Gasteiger partial charge >= 0.3 is 0 Å². The van der Waals surface area contributed by atoms with Crippen molar-refractivity contribution in [3.63, 3.8) is 0 Å². The van der Waals surface area contributed by atoms with Crippen LogP contribution in [0.15, 0.2) is 11.6 Å². The molecule has 1 aliphatic heterocycles. The van der Waals surface area contributed by atoms with Crippen LogP contribution in [0.4, 0.5) is 5.82 Å². The lowest BCUT2D eigenvalue weighted by molar-refractivity contribution is 0.422. The van der Waals surface area contributed by atoms with E-state index in [1.54, 1.807) is 11.3 Å². The average Bonchev–Trinajstić information content (AvgIpc) is 3.11. The Balaban J connectivity index is 1.87. The van der Waals surface area contributed by atoms with Gasteiger partial charge in [-0.3, -0.25) is 4.40 Å². The molecule has 2 aromatic rings. The lowest BCUT2D eigenvalue weighted by Gasteiger charge is -2.20. The third-order valence-corrected chi connectivity index (χ3v) is 5.24. The van der Waals surface area contributed by atoms with Gasteiger partial charge in [0.05, 0.1) is 5.69 Å². The molecule has 1 N–H and O–H groups in total. The number of aromatic nitrogens is 2. The number of thiazole rings is 1. The van der Waals surface area contributed by atoms with Crippen LogP contribution in [0.3, 0.4) is 0 Å². The molecular formula is C16H26N4S. The van der Waals surface area contributed by atoms with Crippen molar-refractivity contribution in [2.75, 3.05) is 18.0 Å². The molecule has 0 saturated carbocycles. The first-order valence-electron chi connectivity index (χ1n) is 7.99. The van der Waals surface area contributed by atoms with Gasteiger partial charge in [0, 0.05) is 37.3 Å². The molecule has 0 bridgehead atoms. The second-order valence-corrected chi connectivity index (χ2v) is 7.59. The van der Waals surface area contributed by atoms with Crippen LogP contribution >= 0.6 is 11.3 Å². The first-order chi connectivity index (χ1) is 10.1. The molecule has 5 heteroatoms. The molecule has 1 fully saturated rings. The Labute approximate surface area is 131 Å². The van der Waals surface area contributed by atoms with Crippen LogP contribution in [0.1, 0.15) is 39.8 Å². The van der Waals surface area contributed by atoms with Crippen LogP contribution in [0, 0.1) is 11.8 Å². The van der Waals surface area contributed by atoms with Crippen LogP contribution in [-0.4, -0.2) is 28.5 Å². The maximum absolute atomic E-state index is 4.89. The highest BCUT2D eigenvalue weighted by molar-refractivity contribution is 7.15. The number of hydrogen-bond acceptors (Lipinski definition) is 4. The van der Waals surface area contributed by atoms with Crippen molar-refractivity contribution < 1.29 is 0 Å². The Hall–Kier alpha value is -1.07. The van der Waals surface area contributed by atoms with Gasteiger partial charge in [-0.05, 0) is 18.3 Å². The summed E-state index contributed by atoms with van der Waals surface area (Å²) in [5, 5.41) is 5.66. The van der Waals surface area contributed by atoms with E-state index in [9.17, 15) is 0 Å². The minimum atomic E-state index is 0.490. The van der Waals surface area contributed by atoms with E-state index in [1.807, 2.05) is 0 Å². The van der Waals surface area contributed by atoms with Crippen LogP contribution in [0.25, 0.3) is 4.96 Å². The van der Waals surface area contributed by atoms with Gasteiger partial charge in [0.2, 0.25) is 0 Å². The van der Waals surface area contributed by atoms with Crippen molar-refractivity contribution in [3.05, 3.63) is 17.3 Å². The number of anilines is 1. The zero-order valence-electron chi connectivity index (χ0n) is 13.5. The fourth-order valence-corrected chi connectivity index (χ4v) is 3.79. The minimum absolute atomic E-state index is 0.490. The minimum Gasteiger partial charge on any atom is -0.355 e. The zero-order valence-corrected chi connectivity index (χ0v) is 14.3. The van der Waals surface area contributed by atoms with E-state index in [2.05, 4.69) is 53.9 Å². The molecule has 3 heterocycles. The molecule has 1 saturated heterocycles. The largest absolute Gasteiger partial charge is 0.355 e. The van der Waals surface area contributed by atoms with Crippen molar-refractivity contribution >= 4 is 22.1 Å². The molecule has 3 rings (SSSR count). The molecule has 0 aromatic carbocycles. The van der Waals surface area contributed by atoms with E-state index in [-0.39, 0.29) is 0 Å². The van der Waals surface area contributed by atoms with Crippen molar-refractivity contribution in [1.29, 1.82) is 0 Å². The zero-order chi connectivity index (χ0) is 15.0. The van der Waals surface area contributed by atoms with Crippen molar-refractivity contribution in [2.45, 2.75) is 46.7 Å². The maximum Gasteiger partial charge on any atom is 0.195 e. The number of nitrogens with zero attached hydrogens (tertiary/aromatic N) is 3. The second-order valence-electron chi connectivity index (χ2n) is 6.71. The number of hydrogen-bond donors (Lipinski definition) is 1. The topological polar surface area (TPSA) is 32.6 Å². The molecule has 1 aliphatic rings. The predicted molar refractivity (Wildman–Crippen MR) is 90.2 cm³/mol. The summed E-state index contributed by atoms with van der Waals surface area (Å²) in [6.07, 6.45) is 3.43. The molecular weight excluding hydrogens is 280 g/mol. The number of rotatable bonds is 5. The lowest BCUT2D eigenvalue weighted by atomic mass is 9.95. The number of imidazole rings is 1. The van der Waals surface area contributed by atoms with Gasteiger partial charge in [-0.15, -0.1) is 11.3 Å². The molecule has 1 atom stereocenters. The highest BCUT2D eigenvalue weighted by atomic mass is 32.1. The van der Waals surface area contributed by atoms with E-state index in [0.29, 0.717) is 6.04 Å². The standard InChI is InChI=1S/C16H26N4S/c1-11(2)13-5-6-19(10-13)15-14(9-17-12(3)4)20-7-8-21-16(20)18-15/h7-8,11-13,17H,5-6,9-10H2,1-4H3. The summed E-state index contributed by atoms with van der Waals surface area (Å²) in [7, 11) is 0. The Kier molecular flexibility index (Phi) is 4.22. The Morgan fingerprint density at radius 1 is 1.38 bits per heavy atom. The highest BCUT2D eigenvalue weighted by Gasteiger charge is 2.28. The van der Waals surface area contributed by atoms with E-state index in [0.717, 1.165) is 36.4 Å². The molecule has 1 unspecified atom stereocenters. The van der Waals surface area contributed by atoms with Gasteiger partial charge in [0.15, 0.2) is 10.8 Å². The summed E-state index contributed by atoms with van der Waals surface area (Å²) in [6, 6.07) is 0.490. The van der Waals surface area contributed by atoms with Crippen LogP contribution in [0.2, 0.25) is 0 Å². The molecule has 21 heavy (non-hydrogen) atoms. The quantitative estimate of drug-likeness (QED) is 0.919. The third-order valence-electron chi connectivity index (χ3n) is 4.48. The molecule has 2 aromatic heterocycles. The molecule has 0 radical (unpaired) electrons. The van der Waals surface area contributed by atoms with Gasteiger partial charge in [-0.2, -0.15) is 0 Å². The SMILES string of the molecule is CC(C)NCc1c(N2CCC(C(C)C)C2)nc2sccn12. The maximum atomic E-state index is 4.89. The normalized spacial score (nSPS) is 19.5. The fraction of sp³-hybridized carbons (Fsp3) is 0.688. The summed E-state index contributed by atoms with van der Waals surface area (Å²) in [4.78, 5) is 8.49. The van der Waals surface area contributed by atoms with Gasteiger partial charge in [0.25, 0.3) is 0 Å².